The zero-order chi connectivity index (χ0) is 41.0. The minimum atomic E-state index is 0.608. The molecule has 0 unspecified atom stereocenters. The highest BCUT2D eigenvalue weighted by molar-refractivity contribution is 6.21. The average molecular weight is 793 g/mol. The SMILES string of the molecule is c1ccc(-c2ccc(-c3nc(-c4ccccc4)nc(-c4cccc(-c5cc(-c6ccccc6)cc(-n6c7ccccc7c7ccc8c9ccccc9oc8c76)c5)c4)n3)cc2)cc1. The van der Waals surface area contributed by atoms with Crippen LogP contribution in [0.25, 0.3) is 117 Å². The van der Waals surface area contributed by atoms with E-state index in [0.29, 0.717) is 17.5 Å². The van der Waals surface area contributed by atoms with Gasteiger partial charge < -0.3 is 8.98 Å². The van der Waals surface area contributed by atoms with Crippen molar-refractivity contribution in [1.82, 2.24) is 19.5 Å². The molecule has 3 heterocycles. The fourth-order valence-electron chi connectivity index (χ4n) is 8.83. The van der Waals surface area contributed by atoms with Crippen molar-refractivity contribution >= 4 is 43.7 Å². The van der Waals surface area contributed by atoms with E-state index < -0.39 is 0 Å². The molecule has 0 radical (unpaired) electrons. The van der Waals surface area contributed by atoms with Crippen LogP contribution in [0.15, 0.2) is 223 Å². The molecule has 62 heavy (non-hydrogen) atoms. The van der Waals surface area contributed by atoms with Crippen LogP contribution in [-0.2, 0) is 0 Å². The van der Waals surface area contributed by atoms with Crippen molar-refractivity contribution in [2.45, 2.75) is 0 Å². The summed E-state index contributed by atoms with van der Waals surface area (Å²) in [6, 6.07) is 76.4. The lowest BCUT2D eigenvalue weighted by atomic mass is 9.96. The van der Waals surface area contributed by atoms with Gasteiger partial charge in [0, 0.05) is 43.9 Å². The lowest BCUT2D eigenvalue weighted by Crippen LogP contribution is -2.00. The van der Waals surface area contributed by atoms with Crippen molar-refractivity contribution in [3.8, 4) is 73.2 Å². The van der Waals surface area contributed by atoms with Crippen molar-refractivity contribution in [3.05, 3.63) is 218 Å². The van der Waals surface area contributed by atoms with Gasteiger partial charge in [-0.05, 0) is 75.8 Å². The molecule has 0 spiro atoms. The Morgan fingerprint density at radius 1 is 0.306 bits per heavy atom. The van der Waals surface area contributed by atoms with Crippen molar-refractivity contribution < 1.29 is 4.42 Å². The largest absolute Gasteiger partial charge is 0.454 e. The standard InChI is InChI=1S/C57H36N4O/c1-4-15-37(16-5-1)39-27-29-41(30-28-39)56-58-55(40-19-8-3-9-20-40)59-57(60-56)43-22-14-21-42(33-43)45-34-44(38-17-6-2-7-18-38)35-46(36-45)61-51-25-12-10-23-47(51)49-31-32-50-48-24-11-13-26-52(48)62-54(50)53(49)61/h1-36H. The summed E-state index contributed by atoms with van der Waals surface area (Å²) < 4.78 is 9.10. The molecule has 0 fully saturated rings. The highest BCUT2D eigenvalue weighted by Crippen LogP contribution is 2.42. The summed E-state index contributed by atoms with van der Waals surface area (Å²) >= 11 is 0. The van der Waals surface area contributed by atoms with Crippen LogP contribution in [0.2, 0.25) is 0 Å². The summed E-state index contributed by atoms with van der Waals surface area (Å²) in [4.78, 5) is 15.3. The molecule has 0 atom stereocenters. The number of hydrogen-bond donors (Lipinski definition) is 0. The van der Waals surface area contributed by atoms with Crippen molar-refractivity contribution in [2.24, 2.45) is 0 Å². The predicted octanol–water partition coefficient (Wildman–Crippen LogP) is 14.9. The summed E-state index contributed by atoms with van der Waals surface area (Å²) in [7, 11) is 0. The molecule has 9 aromatic carbocycles. The lowest BCUT2D eigenvalue weighted by Gasteiger charge is -2.15. The second kappa shape index (κ2) is 14.7. The van der Waals surface area contributed by atoms with Crippen LogP contribution in [-0.4, -0.2) is 19.5 Å². The molecule has 0 amide bonds. The lowest BCUT2D eigenvalue weighted by molar-refractivity contribution is 0.671. The Bertz CT molecular complexity index is 3610. The van der Waals surface area contributed by atoms with Gasteiger partial charge in [0.05, 0.1) is 11.0 Å². The van der Waals surface area contributed by atoms with Gasteiger partial charge in [0.15, 0.2) is 23.1 Å². The number of aromatic nitrogens is 4. The number of para-hydroxylation sites is 2. The molecule has 0 N–H and O–H groups in total. The van der Waals surface area contributed by atoms with E-state index in [0.717, 1.165) is 94.1 Å². The van der Waals surface area contributed by atoms with E-state index in [1.165, 1.54) is 5.39 Å². The zero-order valence-corrected chi connectivity index (χ0v) is 33.5. The smallest absolute Gasteiger partial charge is 0.164 e. The van der Waals surface area contributed by atoms with Gasteiger partial charge >= 0.3 is 0 Å². The van der Waals surface area contributed by atoms with Gasteiger partial charge in [0.1, 0.15) is 5.58 Å². The first kappa shape index (κ1) is 35.5. The van der Waals surface area contributed by atoms with E-state index in [1.54, 1.807) is 0 Å². The van der Waals surface area contributed by atoms with Gasteiger partial charge in [-0.1, -0.05) is 176 Å². The maximum absolute atomic E-state index is 6.72. The molecule has 12 aromatic rings. The molecular weight excluding hydrogens is 757 g/mol. The second-order valence-corrected chi connectivity index (χ2v) is 15.6. The molecule has 5 heteroatoms. The van der Waals surface area contributed by atoms with Gasteiger partial charge in [-0.15, -0.1) is 0 Å². The van der Waals surface area contributed by atoms with Crippen molar-refractivity contribution in [1.29, 1.82) is 0 Å². The maximum atomic E-state index is 6.72. The van der Waals surface area contributed by atoms with Gasteiger partial charge in [-0.3, -0.25) is 0 Å². The van der Waals surface area contributed by atoms with Gasteiger partial charge in [-0.2, -0.15) is 0 Å². The van der Waals surface area contributed by atoms with E-state index in [9.17, 15) is 0 Å². The Balaban J connectivity index is 1.04. The number of benzene rings is 9. The number of hydrogen-bond acceptors (Lipinski definition) is 4. The molecule has 290 valence electrons. The topological polar surface area (TPSA) is 56.7 Å². The van der Waals surface area contributed by atoms with Crippen LogP contribution < -0.4 is 0 Å². The van der Waals surface area contributed by atoms with Crippen LogP contribution in [0.1, 0.15) is 0 Å². The van der Waals surface area contributed by atoms with Gasteiger partial charge in [-0.25, -0.2) is 15.0 Å². The van der Waals surface area contributed by atoms with Crippen LogP contribution in [0, 0.1) is 0 Å². The van der Waals surface area contributed by atoms with E-state index in [-0.39, 0.29) is 0 Å². The molecule has 0 aliphatic rings. The van der Waals surface area contributed by atoms with E-state index in [2.05, 4.69) is 180 Å². The number of furan rings is 1. The molecule has 12 rings (SSSR count). The average Bonchev–Trinajstić information content (AvgIpc) is 3.91. The van der Waals surface area contributed by atoms with Crippen molar-refractivity contribution in [3.63, 3.8) is 0 Å². The number of rotatable bonds is 7. The molecule has 0 aliphatic heterocycles. The van der Waals surface area contributed by atoms with Crippen LogP contribution in [0.3, 0.4) is 0 Å². The third kappa shape index (κ3) is 6.14. The van der Waals surface area contributed by atoms with E-state index in [4.69, 9.17) is 19.4 Å². The third-order valence-corrected chi connectivity index (χ3v) is 11.8. The Morgan fingerprint density at radius 2 is 0.774 bits per heavy atom. The minimum absolute atomic E-state index is 0.608. The Labute approximate surface area is 357 Å². The molecule has 0 saturated heterocycles. The molecule has 5 nitrogen and oxygen atoms in total. The van der Waals surface area contributed by atoms with Gasteiger partial charge in [0.25, 0.3) is 0 Å². The first-order valence-corrected chi connectivity index (χ1v) is 20.8. The summed E-state index contributed by atoms with van der Waals surface area (Å²) in [6.45, 7) is 0. The van der Waals surface area contributed by atoms with Crippen LogP contribution in [0.5, 0.6) is 0 Å². The highest BCUT2D eigenvalue weighted by Gasteiger charge is 2.20. The first-order valence-electron chi connectivity index (χ1n) is 20.8. The normalized spacial score (nSPS) is 11.5. The zero-order valence-electron chi connectivity index (χ0n) is 33.5. The minimum Gasteiger partial charge on any atom is -0.454 e. The Morgan fingerprint density at radius 3 is 1.48 bits per heavy atom. The molecule has 0 bridgehead atoms. The molecule has 3 aromatic heterocycles. The fourth-order valence-corrected chi connectivity index (χ4v) is 8.83. The first-order chi connectivity index (χ1) is 30.7. The fraction of sp³-hybridized carbons (Fsp3) is 0. The molecule has 0 aliphatic carbocycles. The van der Waals surface area contributed by atoms with E-state index >= 15 is 0 Å². The van der Waals surface area contributed by atoms with E-state index in [1.807, 2.05) is 42.5 Å². The summed E-state index contributed by atoms with van der Waals surface area (Å²) in [5, 5.41) is 4.53. The Kier molecular flexibility index (Phi) is 8.42. The van der Waals surface area contributed by atoms with Gasteiger partial charge in [0.2, 0.25) is 0 Å². The monoisotopic (exact) mass is 792 g/mol. The number of fused-ring (bicyclic) bond motifs is 7. The Hall–Kier alpha value is -8.41. The predicted molar refractivity (Wildman–Crippen MR) is 254 cm³/mol. The maximum Gasteiger partial charge on any atom is 0.164 e. The second-order valence-electron chi connectivity index (χ2n) is 15.6. The summed E-state index contributed by atoms with van der Waals surface area (Å²) in [6.07, 6.45) is 0. The van der Waals surface area contributed by atoms with Crippen LogP contribution in [0.4, 0.5) is 0 Å². The van der Waals surface area contributed by atoms with Crippen LogP contribution >= 0.6 is 0 Å². The van der Waals surface area contributed by atoms with Crippen molar-refractivity contribution in [2.75, 3.05) is 0 Å². The summed E-state index contributed by atoms with van der Waals surface area (Å²) in [5.41, 5.74) is 14.4. The quantitative estimate of drug-likeness (QED) is 0.161. The number of nitrogens with zero attached hydrogens (tertiary/aromatic N) is 4. The molecular formula is C57H36N4O. The summed E-state index contributed by atoms with van der Waals surface area (Å²) in [5.74, 6) is 1.85. The molecule has 0 saturated carbocycles. The third-order valence-electron chi connectivity index (χ3n) is 11.8. The highest BCUT2D eigenvalue weighted by atomic mass is 16.3.